The minimum Gasteiger partial charge on any atom is -0.394 e. The van der Waals surface area contributed by atoms with Crippen LogP contribution in [0.4, 0.5) is 0 Å². The molecule has 128 valence electrons. The Kier molecular flexibility index (Phi) is 8.57. The molecule has 0 heterocycles. The lowest BCUT2D eigenvalue weighted by Crippen LogP contribution is -2.52. The quantitative estimate of drug-likeness (QED) is 0.255. The minimum absolute atomic E-state index is 0.00611. The molecule has 0 aromatic heterocycles. The molecule has 0 spiro atoms. The zero-order valence-corrected chi connectivity index (χ0v) is 14.4. The zero-order chi connectivity index (χ0) is 16.7. The highest BCUT2D eigenvalue weighted by Gasteiger charge is 2.43. The minimum atomic E-state index is -4.69. The van der Waals surface area contributed by atoms with Crippen molar-refractivity contribution in [3.8, 4) is 0 Å². The van der Waals surface area contributed by atoms with E-state index in [2.05, 4.69) is 0 Å². The summed E-state index contributed by atoms with van der Waals surface area (Å²) in [5.74, 6) is 0. The summed E-state index contributed by atoms with van der Waals surface area (Å²) in [6.07, 6.45) is 1.99. The third-order valence-electron chi connectivity index (χ3n) is 3.13. The highest BCUT2D eigenvalue weighted by molar-refractivity contribution is 7.46. The molecule has 2 atom stereocenters. The molecule has 0 aromatic rings. The fraction of sp³-hybridized carbons (Fsp3) is 1.00. The summed E-state index contributed by atoms with van der Waals surface area (Å²) in [7, 11) is 0.984. The molecule has 0 rings (SSSR count). The van der Waals surface area contributed by atoms with Gasteiger partial charge >= 0.3 is 7.82 Å². The molecule has 0 fully saturated rings. The largest absolute Gasteiger partial charge is 0.470 e. The second-order valence-corrected chi connectivity index (χ2v) is 7.87. The molecule has 4 N–H and O–H groups in total. The van der Waals surface area contributed by atoms with Crippen LogP contribution in [0.5, 0.6) is 0 Å². The Bertz CT molecular complexity index is 340. The molecular formula is C13H31NO6P+. The molecule has 21 heavy (non-hydrogen) atoms. The lowest BCUT2D eigenvalue weighted by atomic mass is 9.89. The highest BCUT2D eigenvalue weighted by Crippen LogP contribution is 2.45. The Morgan fingerprint density at radius 1 is 1.24 bits per heavy atom. The van der Waals surface area contributed by atoms with E-state index in [1.54, 1.807) is 0 Å². The Morgan fingerprint density at radius 2 is 1.81 bits per heavy atom. The predicted octanol–water partition coefficient (Wildman–Crippen LogP) is 0.864. The summed E-state index contributed by atoms with van der Waals surface area (Å²) in [5.41, 5.74) is -1.16. The standard InChI is InChI=1S/C13H30NO6P/c1-5-6-7-8-13(9-12(16)10-15,11-14(2,3)4)20-21(17,18)19/h12,15-16H,5-11H2,1-4H3,(H-,17,18,19)/p+1. The maximum atomic E-state index is 11.4. The summed E-state index contributed by atoms with van der Waals surface area (Å²) in [5, 5.41) is 18.8. The van der Waals surface area contributed by atoms with Crippen LogP contribution >= 0.6 is 7.82 Å². The molecule has 0 aromatic carbocycles. The first-order chi connectivity index (χ1) is 9.43. The van der Waals surface area contributed by atoms with Gasteiger partial charge in [0.05, 0.1) is 33.9 Å². The number of hydrogen-bond acceptors (Lipinski definition) is 4. The van der Waals surface area contributed by atoms with E-state index in [-0.39, 0.29) is 6.42 Å². The van der Waals surface area contributed by atoms with Gasteiger partial charge in [-0.05, 0) is 6.42 Å². The number of unbranched alkanes of at least 4 members (excludes halogenated alkanes) is 2. The fourth-order valence-electron chi connectivity index (χ4n) is 2.67. The SMILES string of the molecule is CCCCCC(CC(O)CO)(C[N+](C)(C)C)OP(=O)(O)O. The van der Waals surface area contributed by atoms with Crippen LogP contribution in [0, 0.1) is 0 Å². The number of aliphatic hydroxyl groups excluding tert-OH is 2. The van der Waals surface area contributed by atoms with E-state index in [1.807, 2.05) is 28.1 Å². The summed E-state index contributed by atoms with van der Waals surface area (Å²) >= 11 is 0. The van der Waals surface area contributed by atoms with Gasteiger partial charge in [0, 0.05) is 6.42 Å². The van der Waals surface area contributed by atoms with Crippen molar-refractivity contribution in [2.45, 2.75) is 50.7 Å². The van der Waals surface area contributed by atoms with E-state index < -0.39 is 26.1 Å². The van der Waals surface area contributed by atoms with Crippen molar-refractivity contribution in [2.24, 2.45) is 0 Å². The predicted molar refractivity (Wildman–Crippen MR) is 80.6 cm³/mol. The summed E-state index contributed by atoms with van der Waals surface area (Å²) in [4.78, 5) is 18.5. The number of phosphoric acid groups is 1. The van der Waals surface area contributed by atoms with Gasteiger partial charge in [0.1, 0.15) is 12.1 Å². The number of aliphatic hydroxyl groups is 2. The molecular weight excluding hydrogens is 297 g/mol. The molecule has 0 saturated carbocycles. The van der Waals surface area contributed by atoms with Crippen molar-refractivity contribution in [3.63, 3.8) is 0 Å². The van der Waals surface area contributed by atoms with Gasteiger partial charge in [0.15, 0.2) is 0 Å². The van der Waals surface area contributed by atoms with Crippen LogP contribution in [0.1, 0.15) is 39.0 Å². The number of phosphoric ester groups is 1. The van der Waals surface area contributed by atoms with Crippen molar-refractivity contribution in [3.05, 3.63) is 0 Å². The summed E-state index contributed by atoms with van der Waals surface area (Å²) in [6.45, 7) is 1.91. The van der Waals surface area contributed by atoms with E-state index >= 15 is 0 Å². The number of likely N-dealkylation sites (N-methyl/N-ethyl adjacent to an activating group) is 1. The average molecular weight is 328 g/mol. The second-order valence-electron chi connectivity index (χ2n) is 6.71. The maximum Gasteiger partial charge on any atom is 0.470 e. The number of rotatable bonds is 11. The van der Waals surface area contributed by atoms with E-state index in [4.69, 9.17) is 9.63 Å². The Morgan fingerprint density at radius 3 is 2.19 bits per heavy atom. The molecule has 0 aliphatic carbocycles. The fourth-order valence-corrected chi connectivity index (χ4v) is 3.39. The summed E-state index contributed by atoms with van der Waals surface area (Å²) in [6, 6.07) is 0. The molecule has 7 nitrogen and oxygen atoms in total. The number of nitrogens with zero attached hydrogens (tertiary/aromatic N) is 1. The van der Waals surface area contributed by atoms with Gasteiger partial charge in [-0.3, -0.25) is 4.52 Å². The monoisotopic (exact) mass is 328 g/mol. The average Bonchev–Trinajstić information content (AvgIpc) is 2.24. The van der Waals surface area contributed by atoms with Crippen LogP contribution in [-0.2, 0) is 9.09 Å². The Hall–Kier alpha value is -0.0100. The lowest BCUT2D eigenvalue weighted by molar-refractivity contribution is -0.876. The Labute approximate surface area is 127 Å². The van der Waals surface area contributed by atoms with Gasteiger partial charge in [0.25, 0.3) is 0 Å². The third-order valence-corrected chi connectivity index (χ3v) is 3.75. The van der Waals surface area contributed by atoms with Crippen LogP contribution in [0.25, 0.3) is 0 Å². The maximum absolute atomic E-state index is 11.4. The van der Waals surface area contributed by atoms with Crippen LogP contribution in [0.15, 0.2) is 0 Å². The van der Waals surface area contributed by atoms with E-state index in [1.165, 1.54) is 0 Å². The topological polar surface area (TPSA) is 107 Å². The van der Waals surface area contributed by atoms with Gasteiger partial charge in [-0.1, -0.05) is 26.2 Å². The molecule has 0 bridgehead atoms. The van der Waals surface area contributed by atoms with Crippen LogP contribution in [0.3, 0.4) is 0 Å². The van der Waals surface area contributed by atoms with Gasteiger partial charge in [0.2, 0.25) is 0 Å². The van der Waals surface area contributed by atoms with Crippen molar-refractivity contribution < 1.29 is 33.6 Å². The molecule has 0 amide bonds. The van der Waals surface area contributed by atoms with E-state index in [0.717, 1.165) is 19.3 Å². The smallest absolute Gasteiger partial charge is 0.394 e. The first-order valence-corrected chi connectivity index (χ1v) is 8.82. The van der Waals surface area contributed by atoms with Crippen LogP contribution in [0.2, 0.25) is 0 Å². The number of quaternary nitrogens is 1. The lowest BCUT2D eigenvalue weighted by Gasteiger charge is -2.40. The molecule has 0 radical (unpaired) electrons. The normalized spacial score (nSPS) is 17.5. The van der Waals surface area contributed by atoms with Crippen LogP contribution in [-0.4, -0.2) is 70.5 Å². The van der Waals surface area contributed by atoms with Crippen molar-refractivity contribution >= 4 is 7.82 Å². The first kappa shape index (κ1) is 21.0. The van der Waals surface area contributed by atoms with E-state index in [9.17, 15) is 19.5 Å². The number of hydrogen-bond donors (Lipinski definition) is 4. The molecule has 8 heteroatoms. The van der Waals surface area contributed by atoms with Gasteiger partial charge in [-0.2, -0.15) is 0 Å². The van der Waals surface area contributed by atoms with Gasteiger partial charge < -0.3 is 24.5 Å². The molecule has 0 aliphatic heterocycles. The van der Waals surface area contributed by atoms with Gasteiger partial charge in [-0.25, -0.2) is 4.57 Å². The van der Waals surface area contributed by atoms with Crippen molar-refractivity contribution in [1.82, 2.24) is 0 Å². The third kappa shape index (κ3) is 10.4. The molecule has 0 aliphatic rings. The van der Waals surface area contributed by atoms with Crippen LogP contribution < -0.4 is 0 Å². The van der Waals surface area contributed by atoms with E-state index in [0.29, 0.717) is 17.4 Å². The summed E-state index contributed by atoms with van der Waals surface area (Å²) < 4.78 is 16.9. The van der Waals surface area contributed by atoms with Gasteiger partial charge in [-0.15, -0.1) is 0 Å². The highest BCUT2D eigenvalue weighted by atomic mass is 31.2. The molecule has 0 saturated heterocycles. The molecule has 2 unspecified atom stereocenters. The van der Waals surface area contributed by atoms with Crippen molar-refractivity contribution in [1.29, 1.82) is 0 Å². The first-order valence-electron chi connectivity index (χ1n) is 7.29. The Balaban J connectivity index is 5.30. The van der Waals surface area contributed by atoms with Crippen molar-refractivity contribution in [2.75, 3.05) is 34.3 Å². The second kappa shape index (κ2) is 8.58. The zero-order valence-electron chi connectivity index (χ0n) is 13.5.